The number of anilines is 1. The van der Waals surface area contributed by atoms with Gasteiger partial charge in [-0.05, 0) is 25.1 Å². The van der Waals surface area contributed by atoms with Gasteiger partial charge in [0.15, 0.2) is 0 Å². The van der Waals surface area contributed by atoms with Crippen LogP contribution in [0.4, 0.5) is 10.1 Å². The highest BCUT2D eigenvalue weighted by Crippen LogP contribution is 2.10. The first kappa shape index (κ1) is 14.0. The minimum absolute atomic E-state index is 0.104. The summed E-state index contributed by atoms with van der Waals surface area (Å²) in [4.78, 5) is 11.5. The molecule has 5 heteroatoms. The van der Waals surface area contributed by atoms with Gasteiger partial charge in [0.25, 0.3) is 0 Å². The molecule has 1 aromatic carbocycles. The van der Waals surface area contributed by atoms with Gasteiger partial charge in [0.05, 0.1) is 0 Å². The van der Waals surface area contributed by atoms with Crippen molar-refractivity contribution in [2.45, 2.75) is 19.4 Å². The molecule has 1 unspecified atom stereocenters. The Morgan fingerprint density at radius 2 is 2.35 bits per heavy atom. The third-order valence-electron chi connectivity index (χ3n) is 1.96. The molecular weight excluding hydrogens is 239 g/mol. The second-order valence-corrected chi connectivity index (χ2v) is 5.01. The van der Waals surface area contributed by atoms with Crippen molar-refractivity contribution in [2.75, 3.05) is 16.8 Å². The zero-order valence-corrected chi connectivity index (χ0v) is 10.6. The molecule has 0 aromatic heterocycles. The zero-order chi connectivity index (χ0) is 12.7. The molecule has 0 aliphatic carbocycles. The minimum atomic E-state index is -0.353. The molecule has 0 spiro atoms. The van der Waals surface area contributed by atoms with Gasteiger partial charge in [0.2, 0.25) is 5.91 Å². The Kier molecular flexibility index (Phi) is 6.00. The Bertz CT molecular complexity index is 371. The zero-order valence-electron chi connectivity index (χ0n) is 9.78. The van der Waals surface area contributed by atoms with E-state index in [0.29, 0.717) is 12.1 Å². The summed E-state index contributed by atoms with van der Waals surface area (Å²) in [5.74, 6) is 1.11. The predicted molar refractivity (Wildman–Crippen MR) is 70.6 cm³/mol. The van der Waals surface area contributed by atoms with E-state index in [-0.39, 0.29) is 17.8 Å². The van der Waals surface area contributed by atoms with Crippen molar-refractivity contribution >= 4 is 23.4 Å². The van der Waals surface area contributed by atoms with Crippen LogP contribution in [0.5, 0.6) is 0 Å². The van der Waals surface area contributed by atoms with Gasteiger partial charge in [-0.1, -0.05) is 6.07 Å². The molecule has 0 aliphatic heterocycles. The van der Waals surface area contributed by atoms with Crippen molar-refractivity contribution in [3.63, 3.8) is 0 Å². The molecule has 1 amide bonds. The first-order valence-electron chi connectivity index (χ1n) is 5.46. The van der Waals surface area contributed by atoms with Crippen LogP contribution in [-0.4, -0.2) is 23.5 Å². The summed E-state index contributed by atoms with van der Waals surface area (Å²) in [6.07, 6.45) is 0.411. The predicted octanol–water partition coefficient (Wildman–Crippen LogP) is 2.23. The Labute approximate surface area is 105 Å². The number of benzene rings is 1. The highest BCUT2D eigenvalue weighted by atomic mass is 32.2. The number of halogens is 1. The number of thioether (sulfide) groups is 1. The molecule has 1 atom stereocenters. The van der Waals surface area contributed by atoms with Gasteiger partial charge >= 0.3 is 0 Å². The van der Waals surface area contributed by atoms with Gasteiger partial charge in [-0.3, -0.25) is 4.79 Å². The average Bonchev–Trinajstić information content (AvgIpc) is 2.24. The first-order chi connectivity index (χ1) is 8.08. The van der Waals surface area contributed by atoms with Crippen LogP contribution >= 0.6 is 11.8 Å². The Morgan fingerprint density at radius 1 is 1.59 bits per heavy atom. The summed E-state index contributed by atoms with van der Waals surface area (Å²) in [5, 5.41) is 2.65. The molecule has 94 valence electrons. The topological polar surface area (TPSA) is 55.1 Å². The van der Waals surface area contributed by atoms with E-state index in [4.69, 9.17) is 5.73 Å². The standard InChI is InChI=1S/C12H17FN2OS/c1-9(14)8-17-6-5-12(16)15-11-4-2-3-10(13)7-11/h2-4,7,9H,5-6,8,14H2,1H3,(H,15,16). The van der Waals surface area contributed by atoms with Gasteiger partial charge in [0, 0.05) is 29.7 Å². The largest absolute Gasteiger partial charge is 0.327 e. The highest BCUT2D eigenvalue weighted by Gasteiger charge is 2.03. The summed E-state index contributed by atoms with van der Waals surface area (Å²) in [6, 6.07) is 6.01. The van der Waals surface area contributed by atoms with Crippen LogP contribution in [0.2, 0.25) is 0 Å². The van der Waals surface area contributed by atoms with E-state index in [9.17, 15) is 9.18 Å². The van der Waals surface area contributed by atoms with Crippen molar-refractivity contribution in [3.05, 3.63) is 30.1 Å². The van der Waals surface area contributed by atoms with Crippen LogP contribution in [0.25, 0.3) is 0 Å². The summed E-state index contributed by atoms with van der Waals surface area (Å²) in [7, 11) is 0. The fraction of sp³-hybridized carbons (Fsp3) is 0.417. The van der Waals surface area contributed by atoms with E-state index in [1.54, 1.807) is 23.9 Å². The lowest BCUT2D eigenvalue weighted by molar-refractivity contribution is -0.115. The SMILES string of the molecule is CC(N)CSCCC(=O)Nc1cccc(F)c1. The first-order valence-corrected chi connectivity index (χ1v) is 6.62. The normalized spacial score (nSPS) is 12.2. The third-order valence-corrected chi connectivity index (χ3v) is 3.22. The van der Waals surface area contributed by atoms with Crippen molar-refractivity contribution in [1.29, 1.82) is 0 Å². The van der Waals surface area contributed by atoms with Gasteiger partial charge in [-0.15, -0.1) is 0 Å². The van der Waals surface area contributed by atoms with Crippen LogP contribution in [0.1, 0.15) is 13.3 Å². The van der Waals surface area contributed by atoms with Crippen molar-refractivity contribution in [1.82, 2.24) is 0 Å². The number of rotatable bonds is 6. The molecular formula is C12H17FN2OS. The number of carbonyl (C=O) groups excluding carboxylic acids is 1. The fourth-order valence-electron chi connectivity index (χ4n) is 1.22. The molecule has 0 heterocycles. The van der Waals surface area contributed by atoms with E-state index in [1.807, 2.05) is 6.92 Å². The maximum absolute atomic E-state index is 12.8. The fourth-order valence-corrected chi connectivity index (χ4v) is 2.09. The molecule has 1 rings (SSSR count). The molecule has 1 aromatic rings. The summed E-state index contributed by atoms with van der Waals surface area (Å²) < 4.78 is 12.8. The molecule has 3 N–H and O–H groups in total. The van der Waals surface area contributed by atoms with Crippen molar-refractivity contribution in [2.24, 2.45) is 5.73 Å². The monoisotopic (exact) mass is 256 g/mol. The van der Waals surface area contributed by atoms with Crippen molar-refractivity contribution < 1.29 is 9.18 Å². The lowest BCUT2D eigenvalue weighted by Gasteiger charge is -2.06. The quantitative estimate of drug-likeness (QED) is 0.767. The molecule has 0 saturated carbocycles. The molecule has 0 aliphatic rings. The van der Waals surface area contributed by atoms with Gasteiger partial charge in [-0.2, -0.15) is 11.8 Å². The molecule has 0 bridgehead atoms. The Balaban J connectivity index is 2.25. The number of nitrogens with one attached hydrogen (secondary N) is 1. The number of nitrogens with two attached hydrogens (primary N) is 1. The second kappa shape index (κ2) is 7.29. The number of carbonyl (C=O) groups is 1. The number of hydrogen-bond donors (Lipinski definition) is 2. The number of amides is 1. The van der Waals surface area contributed by atoms with E-state index >= 15 is 0 Å². The summed E-state index contributed by atoms with van der Waals surface area (Å²) >= 11 is 1.64. The maximum Gasteiger partial charge on any atom is 0.225 e. The van der Waals surface area contributed by atoms with Crippen LogP contribution in [-0.2, 0) is 4.79 Å². The third kappa shape index (κ3) is 6.28. The van der Waals surface area contributed by atoms with Crippen LogP contribution in [0.3, 0.4) is 0 Å². The van der Waals surface area contributed by atoms with Crippen LogP contribution in [0.15, 0.2) is 24.3 Å². The number of hydrogen-bond acceptors (Lipinski definition) is 3. The van der Waals surface area contributed by atoms with Gasteiger partial charge in [-0.25, -0.2) is 4.39 Å². The summed E-state index contributed by atoms with van der Waals surface area (Å²) in [6.45, 7) is 1.93. The van der Waals surface area contributed by atoms with Crippen molar-refractivity contribution in [3.8, 4) is 0 Å². The van der Waals surface area contributed by atoms with Crippen LogP contribution in [0, 0.1) is 5.82 Å². The molecule has 3 nitrogen and oxygen atoms in total. The molecule has 0 fully saturated rings. The Morgan fingerprint density at radius 3 is 3.00 bits per heavy atom. The van der Waals surface area contributed by atoms with E-state index in [0.717, 1.165) is 11.5 Å². The smallest absolute Gasteiger partial charge is 0.225 e. The van der Waals surface area contributed by atoms with E-state index < -0.39 is 0 Å². The average molecular weight is 256 g/mol. The van der Waals surface area contributed by atoms with Crippen LogP contribution < -0.4 is 11.1 Å². The minimum Gasteiger partial charge on any atom is -0.327 e. The summed E-state index contributed by atoms with van der Waals surface area (Å²) in [5.41, 5.74) is 6.08. The van der Waals surface area contributed by atoms with E-state index in [1.165, 1.54) is 12.1 Å². The highest BCUT2D eigenvalue weighted by molar-refractivity contribution is 7.99. The molecule has 17 heavy (non-hydrogen) atoms. The lowest BCUT2D eigenvalue weighted by Crippen LogP contribution is -2.18. The second-order valence-electron chi connectivity index (χ2n) is 3.86. The molecule has 0 radical (unpaired) electrons. The van der Waals surface area contributed by atoms with Gasteiger partial charge in [0.1, 0.15) is 5.82 Å². The van der Waals surface area contributed by atoms with E-state index in [2.05, 4.69) is 5.32 Å². The molecule has 0 saturated heterocycles. The Hall–Kier alpha value is -1.07. The lowest BCUT2D eigenvalue weighted by atomic mass is 10.3. The maximum atomic E-state index is 12.8. The van der Waals surface area contributed by atoms with Gasteiger partial charge < -0.3 is 11.1 Å².